The number of alkyl halides is 3. The van der Waals surface area contributed by atoms with E-state index in [0.29, 0.717) is 34.6 Å². The van der Waals surface area contributed by atoms with Gasteiger partial charge in [-0.05, 0) is 43.3 Å². The molecule has 0 fully saturated rings. The maximum Gasteiger partial charge on any atom is 0.573 e. The van der Waals surface area contributed by atoms with Crippen LogP contribution < -0.4 is 10.1 Å². The summed E-state index contributed by atoms with van der Waals surface area (Å²) in [6.07, 6.45) is -3.21. The fraction of sp³-hybridized carbons (Fsp3) is 0.118. The predicted octanol–water partition coefficient (Wildman–Crippen LogP) is 4.33. The van der Waals surface area contributed by atoms with Crippen LogP contribution in [0.4, 0.5) is 24.7 Å². The van der Waals surface area contributed by atoms with Crippen LogP contribution in [0.25, 0.3) is 17.4 Å². The van der Waals surface area contributed by atoms with Crippen molar-refractivity contribution in [1.82, 2.24) is 19.6 Å². The van der Waals surface area contributed by atoms with Gasteiger partial charge in [0, 0.05) is 17.4 Å². The average molecular weight is 375 g/mol. The largest absolute Gasteiger partial charge is 0.573 e. The summed E-state index contributed by atoms with van der Waals surface area (Å²) in [6, 6.07) is 10.6. The molecule has 0 aliphatic heterocycles. The van der Waals surface area contributed by atoms with Gasteiger partial charge in [0.1, 0.15) is 11.6 Å². The monoisotopic (exact) mass is 375 g/mol. The summed E-state index contributed by atoms with van der Waals surface area (Å²) in [5.41, 5.74) is 1.24. The molecule has 3 heterocycles. The first-order valence-corrected chi connectivity index (χ1v) is 7.78. The van der Waals surface area contributed by atoms with Crippen molar-refractivity contribution in [3.63, 3.8) is 0 Å². The Hall–Kier alpha value is -3.56. The van der Waals surface area contributed by atoms with Crippen molar-refractivity contribution in [2.24, 2.45) is 0 Å². The Morgan fingerprint density at radius 2 is 1.89 bits per heavy atom. The summed E-state index contributed by atoms with van der Waals surface area (Å²) in [5, 5.41) is 7.46. The number of ether oxygens (including phenoxy) is 1. The lowest BCUT2D eigenvalue weighted by molar-refractivity contribution is -0.274. The van der Waals surface area contributed by atoms with Gasteiger partial charge in [0.2, 0.25) is 5.82 Å². The van der Waals surface area contributed by atoms with E-state index in [2.05, 4.69) is 25.1 Å². The zero-order chi connectivity index (χ0) is 19.0. The second kappa shape index (κ2) is 6.31. The number of halogens is 3. The van der Waals surface area contributed by atoms with Crippen LogP contribution in [0.15, 0.2) is 53.1 Å². The van der Waals surface area contributed by atoms with E-state index in [1.165, 1.54) is 35.0 Å². The number of aromatic nitrogens is 4. The van der Waals surface area contributed by atoms with Crippen molar-refractivity contribution >= 4 is 17.3 Å². The molecule has 1 N–H and O–H groups in total. The number of fused-ring (bicyclic) bond motifs is 1. The zero-order valence-corrected chi connectivity index (χ0v) is 13.9. The number of furan rings is 1. The van der Waals surface area contributed by atoms with Crippen molar-refractivity contribution in [2.45, 2.75) is 13.3 Å². The van der Waals surface area contributed by atoms with Gasteiger partial charge >= 0.3 is 6.36 Å². The average Bonchev–Trinajstić information content (AvgIpc) is 3.24. The number of hydrogen-bond donors (Lipinski definition) is 1. The molecule has 0 bridgehead atoms. The SMILES string of the molecule is Cc1cc(Nc2ccc(OC(F)(F)F)cc2)n2nc(-c3ccco3)nc2n1. The molecule has 10 heteroatoms. The number of aryl methyl sites for hydroxylation is 1. The molecule has 3 aromatic heterocycles. The third-order valence-electron chi connectivity index (χ3n) is 3.54. The van der Waals surface area contributed by atoms with Gasteiger partial charge in [-0.25, -0.2) is 4.98 Å². The molecule has 0 spiro atoms. The molecule has 0 saturated carbocycles. The lowest BCUT2D eigenvalue weighted by atomic mass is 10.3. The second-order valence-corrected chi connectivity index (χ2v) is 5.60. The number of benzene rings is 1. The Bertz CT molecular complexity index is 1070. The van der Waals surface area contributed by atoms with E-state index >= 15 is 0 Å². The van der Waals surface area contributed by atoms with E-state index in [1.54, 1.807) is 25.1 Å². The summed E-state index contributed by atoms with van der Waals surface area (Å²) in [4.78, 5) is 8.66. The van der Waals surface area contributed by atoms with Crippen molar-refractivity contribution < 1.29 is 22.3 Å². The molecule has 0 aliphatic rings. The molecular weight excluding hydrogens is 363 g/mol. The molecule has 0 atom stereocenters. The fourth-order valence-corrected chi connectivity index (χ4v) is 2.47. The van der Waals surface area contributed by atoms with Gasteiger partial charge in [-0.2, -0.15) is 9.50 Å². The minimum Gasteiger partial charge on any atom is -0.461 e. The van der Waals surface area contributed by atoms with Gasteiger partial charge in [0.05, 0.1) is 6.26 Å². The quantitative estimate of drug-likeness (QED) is 0.572. The highest BCUT2D eigenvalue weighted by molar-refractivity contribution is 5.61. The molecule has 4 aromatic rings. The van der Waals surface area contributed by atoms with Gasteiger partial charge in [0.25, 0.3) is 5.78 Å². The van der Waals surface area contributed by atoms with E-state index in [-0.39, 0.29) is 5.75 Å². The Morgan fingerprint density at radius 3 is 2.56 bits per heavy atom. The summed E-state index contributed by atoms with van der Waals surface area (Å²) >= 11 is 0. The fourth-order valence-electron chi connectivity index (χ4n) is 2.47. The van der Waals surface area contributed by atoms with Gasteiger partial charge in [-0.1, -0.05) is 0 Å². The van der Waals surface area contributed by atoms with E-state index in [0.717, 1.165) is 0 Å². The highest BCUT2D eigenvalue weighted by atomic mass is 19.4. The normalized spacial score (nSPS) is 11.7. The maximum atomic E-state index is 12.3. The Kier molecular flexibility index (Phi) is 3.94. The first kappa shape index (κ1) is 16.9. The van der Waals surface area contributed by atoms with Crippen molar-refractivity contribution in [1.29, 1.82) is 0 Å². The van der Waals surface area contributed by atoms with Gasteiger partial charge in [0.15, 0.2) is 5.76 Å². The standard InChI is InChI=1S/C17H12F3N5O2/c1-10-9-14(22-11-4-6-12(7-5-11)27-17(18,19)20)25-16(21-10)23-15(24-25)13-3-2-8-26-13/h2-9,22H,1H3. The molecule has 0 radical (unpaired) electrons. The van der Waals surface area contributed by atoms with Crippen LogP contribution in [0.3, 0.4) is 0 Å². The molecule has 1 aromatic carbocycles. The van der Waals surface area contributed by atoms with Crippen molar-refractivity contribution in [3.8, 4) is 17.3 Å². The Balaban J connectivity index is 1.65. The predicted molar refractivity (Wildman–Crippen MR) is 89.6 cm³/mol. The highest BCUT2D eigenvalue weighted by Crippen LogP contribution is 2.26. The lowest BCUT2D eigenvalue weighted by Gasteiger charge is -2.11. The second-order valence-electron chi connectivity index (χ2n) is 5.60. The molecular formula is C17H12F3N5O2. The summed E-state index contributed by atoms with van der Waals surface area (Å²) in [5.74, 6) is 1.48. The van der Waals surface area contributed by atoms with Crippen LogP contribution in [0.5, 0.6) is 5.75 Å². The smallest absolute Gasteiger partial charge is 0.461 e. The summed E-state index contributed by atoms with van der Waals surface area (Å²) < 4.78 is 47.4. The Labute approximate surface area is 150 Å². The minimum absolute atomic E-state index is 0.301. The molecule has 0 aliphatic carbocycles. The van der Waals surface area contributed by atoms with Crippen LogP contribution in [-0.4, -0.2) is 25.9 Å². The van der Waals surface area contributed by atoms with E-state index in [1.807, 2.05) is 0 Å². The molecule has 138 valence electrons. The number of rotatable bonds is 4. The van der Waals surface area contributed by atoms with Gasteiger partial charge in [-0.15, -0.1) is 18.3 Å². The Morgan fingerprint density at radius 1 is 1.11 bits per heavy atom. The van der Waals surface area contributed by atoms with Gasteiger partial charge in [-0.3, -0.25) is 0 Å². The molecule has 7 nitrogen and oxygen atoms in total. The van der Waals surface area contributed by atoms with Crippen molar-refractivity contribution in [2.75, 3.05) is 5.32 Å². The van der Waals surface area contributed by atoms with E-state index in [4.69, 9.17) is 4.42 Å². The van der Waals surface area contributed by atoms with Crippen LogP contribution in [-0.2, 0) is 0 Å². The molecule has 0 amide bonds. The molecule has 0 unspecified atom stereocenters. The third kappa shape index (κ3) is 3.68. The highest BCUT2D eigenvalue weighted by Gasteiger charge is 2.30. The molecule has 27 heavy (non-hydrogen) atoms. The minimum atomic E-state index is -4.73. The van der Waals surface area contributed by atoms with Gasteiger partial charge < -0.3 is 14.5 Å². The number of nitrogens with one attached hydrogen (secondary N) is 1. The first-order valence-electron chi connectivity index (χ1n) is 7.78. The topological polar surface area (TPSA) is 77.5 Å². The molecule has 0 saturated heterocycles. The molecule has 4 rings (SSSR count). The van der Waals surface area contributed by atoms with Crippen LogP contribution >= 0.6 is 0 Å². The lowest BCUT2D eigenvalue weighted by Crippen LogP contribution is -2.17. The maximum absolute atomic E-state index is 12.3. The summed E-state index contributed by atoms with van der Waals surface area (Å²) in [7, 11) is 0. The van der Waals surface area contributed by atoms with Crippen LogP contribution in [0, 0.1) is 6.92 Å². The van der Waals surface area contributed by atoms with Crippen molar-refractivity contribution in [3.05, 3.63) is 54.4 Å². The third-order valence-corrected chi connectivity index (χ3v) is 3.54. The van der Waals surface area contributed by atoms with E-state index < -0.39 is 6.36 Å². The summed E-state index contributed by atoms with van der Waals surface area (Å²) in [6.45, 7) is 1.80. The number of anilines is 2. The van der Waals surface area contributed by atoms with Crippen LogP contribution in [0.1, 0.15) is 5.69 Å². The first-order chi connectivity index (χ1) is 12.9. The number of hydrogen-bond acceptors (Lipinski definition) is 6. The number of nitrogens with zero attached hydrogens (tertiary/aromatic N) is 4. The van der Waals surface area contributed by atoms with Crippen LogP contribution in [0.2, 0.25) is 0 Å². The van der Waals surface area contributed by atoms with E-state index in [9.17, 15) is 13.2 Å². The zero-order valence-electron chi connectivity index (χ0n) is 13.9.